The van der Waals surface area contributed by atoms with Crippen LogP contribution in [0.4, 0.5) is 0 Å². The van der Waals surface area contributed by atoms with Gasteiger partial charge in [-0.3, -0.25) is 15.1 Å². The number of likely N-dealkylation sites (tertiary alicyclic amines) is 1. The average molecular weight is 426 g/mol. The molecule has 0 saturated carbocycles. The van der Waals surface area contributed by atoms with Gasteiger partial charge < -0.3 is 10.0 Å². The molecule has 2 aliphatic heterocycles. The highest BCUT2D eigenvalue weighted by atomic mass is 35.5. The number of amides is 1. The van der Waals surface area contributed by atoms with Crippen molar-refractivity contribution in [2.24, 2.45) is 4.99 Å². The lowest BCUT2D eigenvalue weighted by molar-refractivity contribution is -0.130. The number of phenols is 1. The monoisotopic (exact) mass is 425 g/mol. The van der Waals surface area contributed by atoms with E-state index >= 15 is 0 Å². The molecule has 2 aromatic rings. The van der Waals surface area contributed by atoms with Gasteiger partial charge in [0.1, 0.15) is 11.4 Å². The van der Waals surface area contributed by atoms with Gasteiger partial charge in [0, 0.05) is 61.6 Å². The molecule has 1 spiro atoms. The summed E-state index contributed by atoms with van der Waals surface area (Å²) in [6, 6.07) is 11.5. The van der Waals surface area contributed by atoms with Crippen LogP contribution in [0.3, 0.4) is 0 Å². The molecule has 1 amide bonds. The topological polar surface area (TPSA) is 64.9 Å². The van der Waals surface area contributed by atoms with Crippen molar-refractivity contribution in [2.75, 3.05) is 13.1 Å². The molecule has 6 heteroatoms. The smallest absolute Gasteiger partial charge is 0.219 e. The van der Waals surface area contributed by atoms with Crippen LogP contribution >= 0.6 is 11.6 Å². The maximum atomic E-state index is 11.8. The highest BCUT2D eigenvalue weighted by Crippen LogP contribution is 2.38. The molecule has 2 aliphatic rings. The number of piperidine rings is 1. The largest absolute Gasteiger partial charge is 0.508 e. The lowest BCUT2D eigenvalue weighted by Crippen LogP contribution is -2.56. The molecule has 5 nitrogen and oxygen atoms in total. The van der Waals surface area contributed by atoms with E-state index in [4.69, 9.17) is 16.6 Å². The molecule has 0 aliphatic carbocycles. The van der Waals surface area contributed by atoms with Gasteiger partial charge in [0.05, 0.1) is 0 Å². The van der Waals surface area contributed by atoms with Crippen molar-refractivity contribution in [2.45, 2.75) is 51.7 Å². The summed E-state index contributed by atoms with van der Waals surface area (Å²) >= 11 is 6.25. The minimum Gasteiger partial charge on any atom is -0.508 e. The number of benzene rings is 2. The second-order valence-electron chi connectivity index (χ2n) is 8.50. The summed E-state index contributed by atoms with van der Waals surface area (Å²) in [6.07, 6.45) is 2.13. The van der Waals surface area contributed by atoms with Gasteiger partial charge in [-0.1, -0.05) is 23.7 Å². The summed E-state index contributed by atoms with van der Waals surface area (Å²) in [5, 5.41) is 14.8. The third-order valence-electron chi connectivity index (χ3n) is 6.43. The van der Waals surface area contributed by atoms with E-state index in [0.29, 0.717) is 24.5 Å². The second kappa shape index (κ2) is 8.05. The van der Waals surface area contributed by atoms with Crippen LogP contribution in [-0.2, 0) is 4.79 Å². The number of nitrogens with one attached hydrogen (secondary N) is 1. The Morgan fingerprint density at radius 2 is 1.90 bits per heavy atom. The number of aliphatic imine (C=N–C) groups is 1. The van der Waals surface area contributed by atoms with Crippen molar-refractivity contribution in [3.8, 4) is 5.75 Å². The maximum absolute atomic E-state index is 11.8. The fraction of sp³-hybridized carbons (Fsp3) is 0.417. The highest BCUT2D eigenvalue weighted by molar-refractivity contribution is 6.30. The SMILES string of the molecule is CC(=O)N1CCC2(CC1)N=C(c1ccc(C)c(C)c1)C[C@@H](c1cc(Cl)ccc1O)N2. The van der Waals surface area contributed by atoms with E-state index in [1.54, 1.807) is 19.1 Å². The zero-order valence-corrected chi connectivity index (χ0v) is 18.5. The number of hydrogen-bond acceptors (Lipinski definition) is 4. The van der Waals surface area contributed by atoms with Gasteiger partial charge in [-0.05, 0) is 54.8 Å². The number of rotatable bonds is 2. The van der Waals surface area contributed by atoms with Crippen molar-refractivity contribution in [3.63, 3.8) is 0 Å². The van der Waals surface area contributed by atoms with Gasteiger partial charge in [0.2, 0.25) is 5.91 Å². The van der Waals surface area contributed by atoms with E-state index < -0.39 is 5.66 Å². The van der Waals surface area contributed by atoms with Crippen LogP contribution < -0.4 is 5.32 Å². The average Bonchev–Trinajstić information content (AvgIpc) is 2.72. The number of carbonyl (C=O) groups is 1. The van der Waals surface area contributed by atoms with E-state index in [9.17, 15) is 9.90 Å². The zero-order valence-electron chi connectivity index (χ0n) is 17.7. The molecule has 0 radical (unpaired) electrons. The van der Waals surface area contributed by atoms with Crippen LogP contribution in [0, 0.1) is 13.8 Å². The van der Waals surface area contributed by atoms with Crippen molar-refractivity contribution in [3.05, 3.63) is 63.7 Å². The number of aryl methyl sites for hydroxylation is 2. The molecule has 0 aromatic heterocycles. The van der Waals surface area contributed by atoms with E-state index in [0.717, 1.165) is 29.7 Å². The molecular formula is C24H28ClN3O2. The Morgan fingerprint density at radius 1 is 1.17 bits per heavy atom. The molecule has 0 unspecified atom stereocenters. The first kappa shape index (κ1) is 20.9. The zero-order chi connectivity index (χ0) is 21.5. The van der Waals surface area contributed by atoms with Gasteiger partial charge >= 0.3 is 0 Å². The fourth-order valence-corrected chi connectivity index (χ4v) is 4.63. The predicted molar refractivity (Wildman–Crippen MR) is 120 cm³/mol. The first-order valence-electron chi connectivity index (χ1n) is 10.4. The number of phenolic OH excluding ortho intramolecular Hbond substituents is 1. The lowest BCUT2D eigenvalue weighted by Gasteiger charge is -2.45. The molecule has 1 saturated heterocycles. The minimum absolute atomic E-state index is 0.100. The molecule has 4 rings (SSSR count). The molecular weight excluding hydrogens is 398 g/mol. The van der Waals surface area contributed by atoms with Crippen LogP contribution in [0.5, 0.6) is 5.75 Å². The molecule has 158 valence electrons. The van der Waals surface area contributed by atoms with E-state index in [2.05, 4.69) is 37.4 Å². The molecule has 30 heavy (non-hydrogen) atoms. The quantitative estimate of drug-likeness (QED) is 0.743. The Kier molecular flexibility index (Phi) is 5.60. The summed E-state index contributed by atoms with van der Waals surface area (Å²) in [7, 11) is 0. The Labute approximate surface area is 182 Å². The Balaban J connectivity index is 1.74. The summed E-state index contributed by atoms with van der Waals surface area (Å²) < 4.78 is 0. The van der Waals surface area contributed by atoms with Crippen LogP contribution in [0.25, 0.3) is 0 Å². The molecule has 1 fully saturated rings. The Bertz CT molecular complexity index is 1010. The summed E-state index contributed by atoms with van der Waals surface area (Å²) in [4.78, 5) is 18.9. The molecule has 1 atom stereocenters. The fourth-order valence-electron chi connectivity index (χ4n) is 4.45. The van der Waals surface area contributed by atoms with Gasteiger partial charge in [-0.25, -0.2) is 0 Å². The maximum Gasteiger partial charge on any atom is 0.219 e. The number of hydrogen-bond donors (Lipinski definition) is 2. The van der Waals surface area contributed by atoms with Crippen LogP contribution in [0.15, 0.2) is 41.4 Å². The number of nitrogens with zero attached hydrogens (tertiary/aromatic N) is 2. The van der Waals surface area contributed by atoms with Crippen LogP contribution in [0.1, 0.15) is 54.5 Å². The Morgan fingerprint density at radius 3 is 2.57 bits per heavy atom. The van der Waals surface area contributed by atoms with Crippen molar-refractivity contribution < 1.29 is 9.90 Å². The van der Waals surface area contributed by atoms with E-state index in [1.807, 2.05) is 11.0 Å². The van der Waals surface area contributed by atoms with Crippen molar-refractivity contribution in [1.29, 1.82) is 0 Å². The normalized spacial score (nSPS) is 20.9. The molecule has 0 bridgehead atoms. The van der Waals surface area contributed by atoms with Crippen molar-refractivity contribution >= 4 is 23.2 Å². The standard InChI is InChI=1S/C24H28ClN3O2/c1-15-4-5-18(12-16(15)2)21-14-22(20-13-19(25)6-7-23(20)30)27-24(26-21)8-10-28(11-9-24)17(3)29/h4-7,12-13,22,27,30H,8-11,14H2,1-3H3/t22-/m0/s1. The first-order valence-corrected chi connectivity index (χ1v) is 10.8. The van der Waals surface area contributed by atoms with Gasteiger partial charge in [0.15, 0.2) is 0 Å². The van der Waals surface area contributed by atoms with Gasteiger partial charge in [-0.2, -0.15) is 0 Å². The predicted octanol–water partition coefficient (Wildman–Crippen LogP) is 4.52. The summed E-state index contributed by atoms with van der Waals surface area (Å²) in [6.45, 7) is 7.17. The number of aromatic hydroxyl groups is 1. The lowest BCUT2D eigenvalue weighted by atomic mass is 9.87. The molecule has 2 N–H and O–H groups in total. The van der Waals surface area contributed by atoms with E-state index in [-0.39, 0.29) is 17.7 Å². The first-order chi connectivity index (χ1) is 14.3. The summed E-state index contributed by atoms with van der Waals surface area (Å²) in [5.41, 5.74) is 4.94. The van der Waals surface area contributed by atoms with Crippen LogP contribution in [-0.4, -0.2) is 40.4 Å². The molecule has 2 heterocycles. The van der Waals surface area contributed by atoms with E-state index in [1.165, 1.54) is 11.1 Å². The summed E-state index contributed by atoms with van der Waals surface area (Å²) in [5.74, 6) is 0.331. The second-order valence-corrected chi connectivity index (χ2v) is 8.94. The highest BCUT2D eigenvalue weighted by Gasteiger charge is 2.41. The molecule has 2 aromatic carbocycles. The van der Waals surface area contributed by atoms with Gasteiger partial charge in [-0.15, -0.1) is 0 Å². The third kappa shape index (κ3) is 4.09. The minimum atomic E-state index is -0.461. The number of carbonyl (C=O) groups excluding carboxylic acids is 1. The third-order valence-corrected chi connectivity index (χ3v) is 6.67. The Hall–Kier alpha value is -2.37. The number of halogens is 1. The van der Waals surface area contributed by atoms with Crippen LogP contribution in [0.2, 0.25) is 5.02 Å². The van der Waals surface area contributed by atoms with Crippen molar-refractivity contribution in [1.82, 2.24) is 10.2 Å². The van der Waals surface area contributed by atoms with Gasteiger partial charge in [0.25, 0.3) is 0 Å².